The average molecular weight is 423 g/mol. The number of esters is 1. The SMILES string of the molecule is CCOC(=O)c1cc(-c2cc(F)c(O)c(F)c2)nc2n[nH]c(-c3ccc(CC)cc3)c12. The van der Waals surface area contributed by atoms with E-state index in [4.69, 9.17) is 4.74 Å². The van der Waals surface area contributed by atoms with Gasteiger partial charge in [0.25, 0.3) is 0 Å². The Kier molecular flexibility index (Phi) is 5.37. The van der Waals surface area contributed by atoms with Crippen LogP contribution in [0.25, 0.3) is 33.5 Å². The largest absolute Gasteiger partial charge is 0.503 e. The highest BCUT2D eigenvalue weighted by atomic mass is 19.1. The van der Waals surface area contributed by atoms with E-state index >= 15 is 0 Å². The summed E-state index contributed by atoms with van der Waals surface area (Å²) in [5, 5.41) is 16.9. The van der Waals surface area contributed by atoms with Crippen LogP contribution in [0.3, 0.4) is 0 Å². The number of ether oxygens (including phenoxy) is 1. The number of benzene rings is 2. The number of H-pyrrole nitrogens is 1. The average Bonchev–Trinajstić information content (AvgIpc) is 3.20. The standard InChI is InChI=1S/C23H19F2N3O3/c1-3-12-5-7-13(8-6-12)20-19-15(23(30)31-4-2)11-18(26-22(19)28-27-20)14-9-16(24)21(29)17(25)10-14/h5-11,29H,3-4H2,1-2H3,(H,26,27,28). The lowest BCUT2D eigenvalue weighted by Gasteiger charge is -2.09. The van der Waals surface area contributed by atoms with Crippen molar-refractivity contribution in [3.63, 3.8) is 0 Å². The quantitative estimate of drug-likeness (QED) is 0.440. The van der Waals surface area contributed by atoms with Crippen LogP contribution < -0.4 is 0 Å². The summed E-state index contributed by atoms with van der Waals surface area (Å²) in [6.45, 7) is 3.89. The number of rotatable bonds is 5. The number of hydrogen-bond donors (Lipinski definition) is 2. The van der Waals surface area contributed by atoms with E-state index in [1.165, 1.54) is 6.07 Å². The number of fused-ring (bicyclic) bond motifs is 1. The van der Waals surface area contributed by atoms with E-state index in [0.717, 1.165) is 29.7 Å². The van der Waals surface area contributed by atoms with Gasteiger partial charge in [0, 0.05) is 11.1 Å². The molecular formula is C23H19F2N3O3. The molecule has 158 valence electrons. The number of halogens is 2. The second-order valence-electron chi connectivity index (χ2n) is 6.91. The molecule has 0 saturated carbocycles. The Balaban J connectivity index is 1.93. The number of pyridine rings is 1. The van der Waals surface area contributed by atoms with Crippen LogP contribution >= 0.6 is 0 Å². The Morgan fingerprint density at radius 2 is 1.74 bits per heavy atom. The minimum Gasteiger partial charge on any atom is -0.503 e. The minimum atomic E-state index is -1.13. The van der Waals surface area contributed by atoms with E-state index in [1.807, 2.05) is 24.3 Å². The van der Waals surface area contributed by atoms with Crippen LogP contribution in [0.2, 0.25) is 0 Å². The Hall–Kier alpha value is -3.81. The van der Waals surface area contributed by atoms with Gasteiger partial charge in [0.05, 0.1) is 28.9 Å². The van der Waals surface area contributed by atoms with Gasteiger partial charge in [0.1, 0.15) is 0 Å². The number of aryl methyl sites for hydroxylation is 1. The van der Waals surface area contributed by atoms with E-state index in [-0.39, 0.29) is 29.1 Å². The Morgan fingerprint density at radius 3 is 2.35 bits per heavy atom. The molecule has 8 heteroatoms. The molecule has 6 nitrogen and oxygen atoms in total. The fourth-order valence-electron chi connectivity index (χ4n) is 3.37. The molecule has 2 aromatic heterocycles. The molecule has 0 amide bonds. The van der Waals surface area contributed by atoms with Gasteiger partial charge in [-0.2, -0.15) is 5.10 Å². The maximum Gasteiger partial charge on any atom is 0.339 e. The van der Waals surface area contributed by atoms with Crippen molar-refractivity contribution in [2.24, 2.45) is 0 Å². The van der Waals surface area contributed by atoms with Gasteiger partial charge in [-0.05, 0) is 37.1 Å². The Labute approximate surface area is 176 Å². The highest BCUT2D eigenvalue weighted by Gasteiger charge is 2.22. The van der Waals surface area contributed by atoms with Gasteiger partial charge in [-0.1, -0.05) is 31.2 Å². The monoisotopic (exact) mass is 423 g/mol. The van der Waals surface area contributed by atoms with Gasteiger partial charge in [-0.25, -0.2) is 18.6 Å². The Morgan fingerprint density at radius 1 is 1.06 bits per heavy atom. The van der Waals surface area contributed by atoms with Gasteiger partial charge in [-0.15, -0.1) is 0 Å². The molecule has 0 spiro atoms. The van der Waals surface area contributed by atoms with Crippen molar-refractivity contribution in [3.05, 3.63) is 65.2 Å². The summed E-state index contributed by atoms with van der Waals surface area (Å²) < 4.78 is 32.9. The normalized spacial score (nSPS) is 11.1. The van der Waals surface area contributed by atoms with Gasteiger partial charge in [0.2, 0.25) is 0 Å². The molecule has 0 atom stereocenters. The molecule has 0 saturated heterocycles. The zero-order valence-electron chi connectivity index (χ0n) is 16.9. The van der Waals surface area contributed by atoms with Crippen LogP contribution in [0.1, 0.15) is 29.8 Å². The van der Waals surface area contributed by atoms with Crippen molar-refractivity contribution in [2.45, 2.75) is 20.3 Å². The van der Waals surface area contributed by atoms with E-state index in [1.54, 1.807) is 6.92 Å². The number of aromatic hydroxyl groups is 1. The van der Waals surface area contributed by atoms with Gasteiger partial charge in [-0.3, -0.25) is 5.10 Å². The van der Waals surface area contributed by atoms with Crippen LogP contribution in [-0.2, 0) is 11.2 Å². The molecule has 4 aromatic rings. The van der Waals surface area contributed by atoms with Gasteiger partial charge < -0.3 is 9.84 Å². The van der Waals surface area contributed by atoms with E-state index in [0.29, 0.717) is 11.1 Å². The summed E-state index contributed by atoms with van der Waals surface area (Å²) in [5.41, 5.74) is 3.09. The first-order chi connectivity index (χ1) is 14.9. The summed E-state index contributed by atoms with van der Waals surface area (Å²) in [7, 11) is 0. The number of phenols is 1. The summed E-state index contributed by atoms with van der Waals surface area (Å²) in [4.78, 5) is 17.1. The van der Waals surface area contributed by atoms with Crippen molar-refractivity contribution >= 4 is 17.0 Å². The minimum absolute atomic E-state index is 0.0529. The topological polar surface area (TPSA) is 88.1 Å². The van der Waals surface area contributed by atoms with E-state index < -0.39 is 23.4 Å². The number of nitrogens with zero attached hydrogens (tertiary/aromatic N) is 2. The summed E-state index contributed by atoms with van der Waals surface area (Å²) in [5.74, 6) is -3.95. The van der Waals surface area contributed by atoms with Crippen LogP contribution in [0, 0.1) is 11.6 Å². The third-order valence-corrected chi connectivity index (χ3v) is 4.98. The number of phenolic OH excluding ortho intramolecular Hbond substituents is 1. The summed E-state index contributed by atoms with van der Waals surface area (Å²) in [6.07, 6.45) is 0.892. The number of nitrogens with one attached hydrogen (secondary N) is 1. The van der Waals surface area contributed by atoms with Crippen LogP contribution in [-0.4, -0.2) is 32.9 Å². The fraction of sp³-hybridized carbons (Fsp3) is 0.174. The van der Waals surface area contributed by atoms with E-state index in [9.17, 15) is 18.7 Å². The number of hydrogen-bond acceptors (Lipinski definition) is 5. The first-order valence-corrected chi connectivity index (χ1v) is 9.76. The summed E-state index contributed by atoms with van der Waals surface area (Å²) >= 11 is 0. The second kappa shape index (κ2) is 8.14. The molecular weight excluding hydrogens is 404 g/mol. The predicted octanol–water partition coefficient (Wildman–Crippen LogP) is 5.01. The van der Waals surface area contributed by atoms with Crippen molar-refractivity contribution in [2.75, 3.05) is 6.61 Å². The maximum atomic E-state index is 13.9. The van der Waals surface area contributed by atoms with Crippen molar-refractivity contribution in [1.29, 1.82) is 0 Å². The number of aromatic amines is 1. The van der Waals surface area contributed by atoms with Crippen LogP contribution in [0.4, 0.5) is 8.78 Å². The molecule has 0 fully saturated rings. The van der Waals surface area contributed by atoms with Crippen molar-refractivity contribution in [3.8, 4) is 28.3 Å². The first-order valence-electron chi connectivity index (χ1n) is 9.76. The summed E-state index contributed by atoms with van der Waals surface area (Å²) in [6, 6.07) is 11.1. The van der Waals surface area contributed by atoms with Crippen molar-refractivity contribution < 1.29 is 23.4 Å². The molecule has 0 aliphatic rings. The highest BCUT2D eigenvalue weighted by Crippen LogP contribution is 2.33. The Bertz CT molecular complexity index is 1260. The molecule has 0 unspecified atom stereocenters. The zero-order valence-corrected chi connectivity index (χ0v) is 16.9. The smallest absolute Gasteiger partial charge is 0.339 e. The van der Waals surface area contributed by atoms with Crippen molar-refractivity contribution in [1.82, 2.24) is 15.2 Å². The molecule has 0 bridgehead atoms. The molecule has 31 heavy (non-hydrogen) atoms. The van der Waals surface area contributed by atoms with Gasteiger partial charge >= 0.3 is 5.97 Å². The number of aromatic nitrogens is 3. The molecule has 2 aromatic carbocycles. The van der Waals surface area contributed by atoms with Crippen LogP contribution in [0.15, 0.2) is 42.5 Å². The maximum absolute atomic E-state index is 13.9. The van der Waals surface area contributed by atoms with Crippen LogP contribution in [0.5, 0.6) is 5.75 Å². The first kappa shape index (κ1) is 20.5. The molecule has 0 aliphatic heterocycles. The molecule has 4 rings (SSSR count). The highest BCUT2D eigenvalue weighted by molar-refractivity contribution is 6.09. The lowest BCUT2D eigenvalue weighted by Crippen LogP contribution is -2.06. The fourth-order valence-corrected chi connectivity index (χ4v) is 3.37. The third kappa shape index (κ3) is 3.72. The molecule has 2 N–H and O–H groups in total. The number of carbonyl (C=O) groups excluding carboxylic acids is 1. The lowest BCUT2D eigenvalue weighted by molar-refractivity contribution is 0.0528. The number of carbonyl (C=O) groups is 1. The predicted molar refractivity (Wildman–Crippen MR) is 112 cm³/mol. The zero-order chi connectivity index (χ0) is 22.1. The van der Waals surface area contributed by atoms with Gasteiger partial charge in [0.15, 0.2) is 23.0 Å². The third-order valence-electron chi connectivity index (χ3n) is 4.98. The molecule has 2 heterocycles. The molecule has 0 aliphatic carbocycles. The van der Waals surface area contributed by atoms with E-state index in [2.05, 4.69) is 22.1 Å². The second-order valence-corrected chi connectivity index (χ2v) is 6.91. The lowest BCUT2D eigenvalue weighted by atomic mass is 10.0. The molecule has 0 radical (unpaired) electrons.